The quantitative estimate of drug-likeness (QED) is 0.800. The van der Waals surface area contributed by atoms with Gasteiger partial charge < -0.3 is 10.6 Å². The zero-order chi connectivity index (χ0) is 14.5. The molecular weight excluding hydrogens is 250 g/mol. The number of aryl methyl sites for hydroxylation is 1. The second kappa shape index (κ2) is 6.86. The molecule has 0 aromatic heterocycles. The minimum Gasteiger partial charge on any atom is -0.325 e. The van der Waals surface area contributed by atoms with Gasteiger partial charge in [0.2, 0.25) is 5.91 Å². The van der Waals surface area contributed by atoms with Crippen molar-refractivity contribution in [2.45, 2.75) is 38.8 Å². The molecule has 4 heteroatoms. The maximum absolute atomic E-state index is 11.8. The molecule has 1 atom stereocenters. The number of rotatable bonds is 7. The van der Waals surface area contributed by atoms with E-state index in [4.69, 9.17) is 0 Å². The first-order valence-corrected chi connectivity index (χ1v) is 7.35. The van der Waals surface area contributed by atoms with Gasteiger partial charge in [0.25, 0.3) is 0 Å². The van der Waals surface area contributed by atoms with Crippen molar-refractivity contribution in [3.8, 4) is 0 Å². The molecule has 0 aliphatic heterocycles. The molecule has 1 fully saturated rings. The largest absolute Gasteiger partial charge is 0.325 e. The fourth-order valence-electron chi connectivity index (χ4n) is 2.31. The van der Waals surface area contributed by atoms with Crippen molar-refractivity contribution in [1.82, 2.24) is 10.2 Å². The first-order valence-electron chi connectivity index (χ1n) is 7.35. The molecule has 4 nitrogen and oxygen atoms in total. The molecule has 1 unspecified atom stereocenters. The Bertz CT molecular complexity index is 457. The van der Waals surface area contributed by atoms with Crippen LogP contribution in [0.3, 0.4) is 0 Å². The van der Waals surface area contributed by atoms with Crippen LogP contribution < -0.4 is 10.6 Å². The lowest BCUT2D eigenvalue weighted by molar-refractivity contribution is -0.115. The third-order valence-corrected chi connectivity index (χ3v) is 3.85. The number of hydrogen-bond acceptors (Lipinski definition) is 3. The van der Waals surface area contributed by atoms with Crippen molar-refractivity contribution in [2.75, 3.05) is 25.5 Å². The van der Waals surface area contributed by atoms with Crippen LogP contribution in [0.25, 0.3) is 0 Å². The van der Waals surface area contributed by atoms with Crippen molar-refractivity contribution in [2.24, 2.45) is 0 Å². The summed E-state index contributed by atoms with van der Waals surface area (Å²) < 4.78 is 0. The minimum absolute atomic E-state index is 0.0110. The van der Waals surface area contributed by atoms with E-state index in [-0.39, 0.29) is 5.91 Å². The minimum atomic E-state index is 0.0110. The summed E-state index contributed by atoms with van der Waals surface area (Å²) in [6.07, 6.45) is 2.63. The standard InChI is InChI=1S/C16H25N3O/c1-12-5-4-6-14(9-12)18-16(20)11-17-10-13(2)19(3)15-7-8-15/h4-6,9,13,15,17H,7-8,10-11H2,1-3H3,(H,18,20). The summed E-state index contributed by atoms with van der Waals surface area (Å²) in [6, 6.07) is 9.08. The zero-order valence-corrected chi connectivity index (χ0v) is 12.6. The van der Waals surface area contributed by atoms with Crippen LogP contribution in [0.4, 0.5) is 5.69 Å². The van der Waals surface area contributed by atoms with Crippen LogP contribution in [0, 0.1) is 6.92 Å². The van der Waals surface area contributed by atoms with E-state index >= 15 is 0 Å². The maximum Gasteiger partial charge on any atom is 0.238 e. The molecule has 0 radical (unpaired) electrons. The van der Waals surface area contributed by atoms with E-state index in [1.54, 1.807) is 0 Å². The number of carbonyl (C=O) groups is 1. The van der Waals surface area contributed by atoms with Crippen LogP contribution in [0.2, 0.25) is 0 Å². The molecule has 1 amide bonds. The Morgan fingerprint density at radius 2 is 2.20 bits per heavy atom. The normalized spacial score (nSPS) is 16.2. The molecule has 20 heavy (non-hydrogen) atoms. The second-order valence-electron chi connectivity index (χ2n) is 5.79. The van der Waals surface area contributed by atoms with Gasteiger partial charge in [0.05, 0.1) is 6.54 Å². The lowest BCUT2D eigenvalue weighted by Gasteiger charge is -2.24. The van der Waals surface area contributed by atoms with Gasteiger partial charge in [-0.3, -0.25) is 9.69 Å². The molecule has 1 aromatic carbocycles. The molecule has 1 saturated carbocycles. The summed E-state index contributed by atoms with van der Waals surface area (Å²) >= 11 is 0. The van der Waals surface area contributed by atoms with Crippen molar-refractivity contribution in [3.63, 3.8) is 0 Å². The lowest BCUT2D eigenvalue weighted by atomic mass is 10.2. The second-order valence-corrected chi connectivity index (χ2v) is 5.79. The summed E-state index contributed by atoms with van der Waals surface area (Å²) in [4.78, 5) is 14.2. The Hall–Kier alpha value is -1.39. The number of benzene rings is 1. The highest BCUT2D eigenvalue weighted by molar-refractivity contribution is 5.92. The number of hydrogen-bond donors (Lipinski definition) is 2. The number of likely N-dealkylation sites (N-methyl/N-ethyl adjacent to an activating group) is 1. The Morgan fingerprint density at radius 1 is 1.45 bits per heavy atom. The van der Waals surface area contributed by atoms with Gasteiger partial charge in [0.1, 0.15) is 0 Å². The Kier molecular flexibility index (Phi) is 5.15. The van der Waals surface area contributed by atoms with Crippen LogP contribution in [0.5, 0.6) is 0 Å². The average Bonchev–Trinajstić information content (AvgIpc) is 3.22. The molecule has 2 N–H and O–H groups in total. The Balaban J connectivity index is 1.67. The molecule has 0 heterocycles. The molecule has 0 saturated heterocycles. The van der Waals surface area contributed by atoms with Crippen molar-refractivity contribution >= 4 is 11.6 Å². The van der Waals surface area contributed by atoms with Gasteiger partial charge in [-0.25, -0.2) is 0 Å². The van der Waals surface area contributed by atoms with Gasteiger partial charge in [-0.1, -0.05) is 12.1 Å². The molecule has 110 valence electrons. The predicted molar refractivity (Wildman–Crippen MR) is 82.9 cm³/mol. The molecule has 0 spiro atoms. The van der Waals surface area contributed by atoms with E-state index in [2.05, 4.69) is 29.5 Å². The van der Waals surface area contributed by atoms with Crippen LogP contribution in [0.15, 0.2) is 24.3 Å². The van der Waals surface area contributed by atoms with Crippen LogP contribution in [0.1, 0.15) is 25.3 Å². The molecule has 0 bridgehead atoms. The van der Waals surface area contributed by atoms with Gasteiger partial charge >= 0.3 is 0 Å². The number of carbonyl (C=O) groups excluding carboxylic acids is 1. The summed E-state index contributed by atoms with van der Waals surface area (Å²) in [6.45, 7) is 5.41. The fraction of sp³-hybridized carbons (Fsp3) is 0.562. The highest BCUT2D eigenvalue weighted by Gasteiger charge is 2.28. The topological polar surface area (TPSA) is 44.4 Å². The molecule has 1 aliphatic rings. The highest BCUT2D eigenvalue weighted by atomic mass is 16.1. The number of nitrogens with one attached hydrogen (secondary N) is 2. The predicted octanol–water partition coefficient (Wildman–Crippen LogP) is 2.01. The summed E-state index contributed by atoms with van der Waals surface area (Å²) in [5.74, 6) is 0.0110. The van der Waals surface area contributed by atoms with E-state index < -0.39 is 0 Å². The Labute approximate surface area is 121 Å². The zero-order valence-electron chi connectivity index (χ0n) is 12.6. The first kappa shape index (κ1) is 15.0. The molecule has 1 aliphatic carbocycles. The van der Waals surface area contributed by atoms with E-state index in [0.717, 1.165) is 23.8 Å². The van der Waals surface area contributed by atoms with E-state index in [9.17, 15) is 4.79 Å². The van der Waals surface area contributed by atoms with E-state index in [0.29, 0.717) is 12.6 Å². The lowest BCUT2D eigenvalue weighted by Crippen LogP contribution is -2.41. The number of nitrogens with zero attached hydrogens (tertiary/aromatic N) is 1. The van der Waals surface area contributed by atoms with Gasteiger partial charge in [-0.05, 0) is 51.4 Å². The van der Waals surface area contributed by atoms with Gasteiger partial charge in [0.15, 0.2) is 0 Å². The van der Waals surface area contributed by atoms with Crippen molar-refractivity contribution in [3.05, 3.63) is 29.8 Å². The fourth-order valence-corrected chi connectivity index (χ4v) is 2.31. The molecule has 1 aromatic rings. The monoisotopic (exact) mass is 275 g/mol. The molecular formula is C16H25N3O. The van der Waals surface area contributed by atoms with Crippen molar-refractivity contribution in [1.29, 1.82) is 0 Å². The summed E-state index contributed by atoms with van der Waals surface area (Å²) in [5.41, 5.74) is 2.01. The van der Waals surface area contributed by atoms with Gasteiger partial charge in [0, 0.05) is 24.3 Å². The maximum atomic E-state index is 11.8. The van der Waals surface area contributed by atoms with Crippen LogP contribution in [-0.2, 0) is 4.79 Å². The SMILES string of the molecule is Cc1cccc(NC(=O)CNCC(C)N(C)C2CC2)c1. The summed E-state index contributed by atoms with van der Waals surface area (Å²) in [5, 5.41) is 6.14. The summed E-state index contributed by atoms with van der Waals surface area (Å²) in [7, 11) is 2.16. The first-order chi connectivity index (χ1) is 9.56. The highest BCUT2D eigenvalue weighted by Crippen LogP contribution is 2.26. The third-order valence-electron chi connectivity index (χ3n) is 3.85. The molecule has 2 rings (SSSR count). The smallest absolute Gasteiger partial charge is 0.238 e. The van der Waals surface area contributed by atoms with Crippen LogP contribution in [-0.4, -0.2) is 43.0 Å². The van der Waals surface area contributed by atoms with Crippen LogP contribution >= 0.6 is 0 Å². The average molecular weight is 275 g/mol. The Morgan fingerprint density at radius 3 is 2.85 bits per heavy atom. The number of anilines is 1. The van der Waals surface area contributed by atoms with Crippen molar-refractivity contribution < 1.29 is 4.79 Å². The number of amides is 1. The van der Waals surface area contributed by atoms with Gasteiger partial charge in [-0.2, -0.15) is 0 Å². The van der Waals surface area contributed by atoms with E-state index in [1.807, 2.05) is 31.2 Å². The van der Waals surface area contributed by atoms with Gasteiger partial charge in [-0.15, -0.1) is 0 Å². The third kappa shape index (κ3) is 4.62. The van der Waals surface area contributed by atoms with E-state index in [1.165, 1.54) is 12.8 Å².